The molecule has 0 radical (unpaired) electrons. The van der Waals surface area contributed by atoms with E-state index in [0.29, 0.717) is 5.92 Å². The summed E-state index contributed by atoms with van der Waals surface area (Å²) in [6.07, 6.45) is 4.09. The molecule has 3 rings (SSSR count). The topological polar surface area (TPSA) is 64.9 Å². The van der Waals surface area contributed by atoms with Crippen molar-refractivity contribution in [3.8, 4) is 0 Å². The van der Waals surface area contributed by atoms with Gasteiger partial charge in [-0.3, -0.25) is 0 Å². The Morgan fingerprint density at radius 1 is 1.12 bits per heavy atom. The molecule has 0 saturated heterocycles. The van der Waals surface area contributed by atoms with Gasteiger partial charge >= 0.3 is 0 Å². The summed E-state index contributed by atoms with van der Waals surface area (Å²) in [6.45, 7) is 0. The predicted octanol–water partition coefficient (Wildman–Crippen LogP) is 2.31. The largest absolute Gasteiger partial charge is 0.425 e. The van der Waals surface area contributed by atoms with Crippen molar-refractivity contribution in [1.82, 2.24) is 10.2 Å². The van der Waals surface area contributed by atoms with Crippen LogP contribution in [0, 0.1) is 0 Å². The van der Waals surface area contributed by atoms with Gasteiger partial charge < -0.3 is 10.2 Å². The van der Waals surface area contributed by atoms with Gasteiger partial charge in [0.15, 0.2) is 0 Å². The first-order chi connectivity index (χ1) is 8.31. The molecule has 1 aliphatic rings. The van der Waals surface area contributed by atoms with Crippen molar-refractivity contribution < 1.29 is 4.42 Å². The minimum Gasteiger partial charge on any atom is -0.425 e. The summed E-state index contributed by atoms with van der Waals surface area (Å²) >= 11 is 0. The number of nitrogen functional groups attached to an aromatic ring is 1. The van der Waals surface area contributed by atoms with E-state index in [9.17, 15) is 0 Å². The molecule has 1 fully saturated rings. The maximum Gasteiger partial charge on any atom is 0.219 e. The van der Waals surface area contributed by atoms with E-state index in [4.69, 9.17) is 10.2 Å². The zero-order chi connectivity index (χ0) is 11.7. The first-order valence-electron chi connectivity index (χ1n) is 5.98. The van der Waals surface area contributed by atoms with E-state index < -0.39 is 0 Å². The van der Waals surface area contributed by atoms with Crippen molar-refractivity contribution in [2.24, 2.45) is 0 Å². The highest BCUT2D eigenvalue weighted by atomic mass is 16.4. The van der Waals surface area contributed by atoms with Crippen LogP contribution in [0.2, 0.25) is 0 Å². The second-order valence-corrected chi connectivity index (χ2v) is 4.55. The second kappa shape index (κ2) is 4.20. The molecule has 0 unspecified atom stereocenters. The summed E-state index contributed by atoms with van der Waals surface area (Å²) in [4.78, 5) is 0. The van der Waals surface area contributed by atoms with Crippen molar-refractivity contribution in [1.29, 1.82) is 0 Å². The van der Waals surface area contributed by atoms with Crippen LogP contribution in [0.5, 0.6) is 0 Å². The molecule has 4 heteroatoms. The third kappa shape index (κ3) is 2.46. The van der Waals surface area contributed by atoms with Crippen LogP contribution in [-0.4, -0.2) is 10.2 Å². The zero-order valence-electron chi connectivity index (χ0n) is 9.60. The van der Waals surface area contributed by atoms with Gasteiger partial charge in [0.25, 0.3) is 0 Å². The third-order valence-electron chi connectivity index (χ3n) is 3.02. The van der Waals surface area contributed by atoms with E-state index in [1.54, 1.807) is 0 Å². The Morgan fingerprint density at radius 2 is 1.88 bits per heavy atom. The molecule has 1 aromatic carbocycles. The molecule has 0 bridgehead atoms. The molecule has 2 N–H and O–H groups in total. The Bertz CT molecular complexity index is 500. The Kier molecular flexibility index (Phi) is 2.55. The molecule has 1 aromatic heterocycles. The van der Waals surface area contributed by atoms with Gasteiger partial charge in [-0.25, -0.2) is 0 Å². The first kappa shape index (κ1) is 10.3. The van der Waals surface area contributed by atoms with E-state index in [-0.39, 0.29) is 0 Å². The van der Waals surface area contributed by atoms with Gasteiger partial charge in [-0.15, -0.1) is 10.2 Å². The molecular formula is C13H15N3O. The fourth-order valence-electron chi connectivity index (χ4n) is 1.80. The van der Waals surface area contributed by atoms with Gasteiger partial charge in [0, 0.05) is 18.0 Å². The number of nitrogens with zero attached hydrogens (tertiary/aromatic N) is 2. The Labute approximate surface area is 99.8 Å². The summed E-state index contributed by atoms with van der Waals surface area (Å²) < 4.78 is 5.61. The van der Waals surface area contributed by atoms with Crippen LogP contribution in [0.15, 0.2) is 28.7 Å². The molecule has 0 atom stereocenters. The van der Waals surface area contributed by atoms with Crippen molar-refractivity contribution in [3.05, 3.63) is 41.6 Å². The van der Waals surface area contributed by atoms with Crippen LogP contribution in [0.4, 0.5) is 5.69 Å². The van der Waals surface area contributed by atoms with Gasteiger partial charge in [-0.05, 0) is 37.0 Å². The molecule has 1 aliphatic carbocycles. The lowest BCUT2D eigenvalue weighted by molar-refractivity contribution is 0.450. The number of aryl methyl sites for hydroxylation is 2. The summed E-state index contributed by atoms with van der Waals surface area (Å²) in [7, 11) is 0. The van der Waals surface area contributed by atoms with Gasteiger partial charge in [0.05, 0.1) is 0 Å². The van der Waals surface area contributed by atoms with E-state index in [0.717, 1.165) is 30.3 Å². The van der Waals surface area contributed by atoms with E-state index in [2.05, 4.69) is 10.2 Å². The summed E-state index contributed by atoms with van der Waals surface area (Å²) in [5, 5.41) is 8.14. The monoisotopic (exact) mass is 229 g/mol. The number of hydrogen-bond acceptors (Lipinski definition) is 4. The highest BCUT2D eigenvalue weighted by Gasteiger charge is 2.29. The van der Waals surface area contributed by atoms with Crippen LogP contribution in [0.3, 0.4) is 0 Å². The maximum atomic E-state index is 5.64. The van der Waals surface area contributed by atoms with E-state index in [1.165, 1.54) is 18.4 Å². The molecule has 1 heterocycles. The highest BCUT2D eigenvalue weighted by molar-refractivity contribution is 5.39. The lowest BCUT2D eigenvalue weighted by Gasteiger charge is -1.99. The maximum absolute atomic E-state index is 5.64. The van der Waals surface area contributed by atoms with Crippen molar-refractivity contribution in [2.45, 2.75) is 31.6 Å². The van der Waals surface area contributed by atoms with E-state index in [1.807, 2.05) is 24.3 Å². The average molecular weight is 229 g/mol. The summed E-state index contributed by atoms with van der Waals surface area (Å²) in [6, 6.07) is 7.90. The molecule has 0 spiro atoms. The molecular weight excluding hydrogens is 214 g/mol. The summed E-state index contributed by atoms with van der Waals surface area (Å²) in [5.74, 6) is 2.09. The van der Waals surface area contributed by atoms with Crippen LogP contribution in [0.25, 0.3) is 0 Å². The number of nitrogens with two attached hydrogens (primary N) is 1. The smallest absolute Gasteiger partial charge is 0.219 e. The number of benzene rings is 1. The number of anilines is 1. The summed E-state index contributed by atoms with van der Waals surface area (Å²) in [5.41, 5.74) is 7.67. The van der Waals surface area contributed by atoms with E-state index >= 15 is 0 Å². The zero-order valence-corrected chi connectivity index (χ0v) is 9.60. The number of hydrogen-bond donors (Lipinski definition) is 1. The van der Waals surface area contributed by atoms with Gasteiger partial charge in [-0.1, -0.05) is 12.1 Å². The van der Waals surface area contributed by atoms with Crippen LogP contribution >= 0.6 is 0 Å². The fourth-order valence-corrected chi connectivity index (χ4v) is 1.80. The number of aromatic nitrogens is 2. The Balaban J connectivity index is 1.60. The number of rotatable bonds is 4. The molecule has 0 amide bonds. The Hall–Kier alpha value is -1.84. The molecule has 1 saturated carbocycles. The lowest BCUT2D eigenvalue weighted by Crippen LogP contribution is -1.92. The van der Waals surface area contributed by atoms with Crippen molar-refractivity contribution in [2.75, 3.05) is 5.73 Å². The quantitative estimate of drug-likeness (QED) is 0.817. The van der Waals surface area contributed by atoms with Crippen molar-refractivity contribution >= 4 is 5.69 Å². The SMILES string of the molecule is Nc1ccc(CCc2nnc(C3CC3)o2)cc1. The molecule has 17 heavy (non-hydrogen) atoms. The van der Waals surface area contributed by atoms with Gasteiger partial charge in [0.1, 0.15) is 0 Å². The second-order valence-electron chi connectivity index (χ2n) is 4.55. The molecule has 0 aliphatic heterocycles. The van der Waals surface area contributed by atoms with Crippen molar-refractivity contribution in [3.63, 3.8) is 0 Å². The standard InChI is InChI=1S/C13H15N3O/c14-11-6-1-9(2-7-11)3-8-12-15-16-13(17-12)10-4-5-10/h1-2,6-7,10H,3-5,8,14H2. The predicted molar refractivity (Wildman–Crippen MR) is 64.5 cm³/mol. The van der Waals surface area contributed by atoms with Crippen LogP contribution < -0.4 is 5.73 Å². The first-order valence-corrected chi connectivity index (χ1v) is 5.98. The van der Waals surface area contributed by atoms with Gasteiger partial charge in [0.2, 0.25) is 11.8 Å². The molecule has 2 aromatic rings. The lowest BCUT2D eigenvalue weighted by atomic mass is 10.1. The fraction of sp³-hybridized carbons (Fsp3) is 0.385. The van der Waals surface area contributed by atoms with Crippen LogP contribution in [-0.2, 0) is 12.8 Å². The Morgan fingerprint density at radius 3 is 2.59 bits per heavy atom. The minimum atomic E-state index is 0.535. The highest BCUT2D eigenvalue weighted by Crippen LogP contribution is 2.39. The normalized spacial score (nSPS) is 15.1. The molecule has 88 valence electrons. The average Bonchev–Trinajstić information content (AvgIpc) is 3.09. The van der Waals surface area contributed by atoms with Crippen LogP contribution in [0.1, 0.15) is 36.1 Å². The molecule has 4 nitrogen and oxygen atoms in total. The minimum absolute atomic E-state index is 0.535. The van der Waals surface area contributed by atoms with Gasteiger partial charge in [-0.2, -0.15) is 0 Å². The third-order valence-corrected chi connectivity index (χ3v) is 3.02.